The zero-order chi connectivity index (χ0) is 11.4. The van der Waals surface area contributed by atoms with Crippen molar-refractivity contribution in [3.63, 3.8) is 0 Å². The first kappa shape index (κ1) is 12.4. The smallest absolute Gasteiger partial charge is 0.460 e. The minimum Gasteiger partial charge on any atom is -0.460 e. The summed E-state index contributed by atoms with van der Waals surface area (Å²) in [6, 6.07) is 0. The summed E-state index contributed by atoms with van der Waals surface area (Å²) in [5, 5.41) is 19.4. The number of nitrogens with zero attached hydrogens (tertiary/aromatic N) is 2. The molecule has 0 rings (SSSR count). The van der Waals surface area contributed by atoms with Crippen molar-refractivity contribution in [2.24, 2.45) is 0 Å². The van der Waals surface area contributed by atoms with Crippen molar-refractivity contribution in [3.8, 4) is 0 Å². The van der Waals surface area contributed by atoms with Crippen LogP contribution < -0.4 is 0 Å². The Morgan fingerprint density at radius 2 is 1.93 bits per heavy atom. The Bertz CT molecular complexity index is 257. The molecule has 0 heterocycles. The van der Waals surface area contributed by atoms with Crippen molar-refractivity contribution in [1.29, 1.82) is 0 Å². The van der Waals surface area contributed by atoms with Crippen LogP contribution in [-0.4, -0.2) is 34.7 Å². The highest BCUT2D eigenvalue weighted by Crippen LogP contribution is 2.13. The van der Waals surface area contributed by atoms with Gasteiger partial charge in [-0.3, -0.25) is 20.2 Å². The van der Waals surface area contributed by atoms with Gasteiger partial charge in [0.15, 0.2) is 0 Å². The Kier molecular flexibility index (Phi) is 4.08. The molecule has 0 saturated heterocycles. The highest BCUT2D eigenvalue weighted by molar-refractivity contribution is 7.79. The zero-order valence-corrected chi connectivity index (χ0v) is 7.65. The third-order valence-corrected chi connectivity index (χ3v) is 1.38. The van der Waals surface area contributed by atoms with E-state index < -0.39 is 27.6 Å². The Morgan fingerprint density at radius 1 is 1.50 bits per heavy atom. The minimum absolute atomic E-state index is 0.615. The maximum Gasteiger partial charge on any atom is 0.648 e. The number of rotatable bonds is 4. The summed E-state index contributed by atoms with van der Waals surface area (Å²) < 4.78 is 21.2. The molecular formula is C4H5FN2O6S. The molecule has 0 aromatic heterocycles. The van der Waals surface area contributed by atoms with Crippen molar-refractivity contribution in [2.75, 3.05) is 13.7 Å². The van der Waals surface area contributed by atoms with E-state index in [1.165, 1.54) is 0 Å². The number of thiocarbonyl (C=S) groups is 1. The third kappa shape index (κ3) is 2.73. The Morgan fingerprint density at radius 3 is 2.21 bits per heavy atom. The molecule has 80 valence electrons. The average Bonchev–Trinajstić information content (AvgIpc) is 2.12. The van der Waals surface area contributed by atoms with Crippen LogP contribution in [0.2, 0.25) is 0 Å². The second-order valence-corrected chi connectivity index (χ2v) is 2.31. The topological polar surface area (TPSA) is 105 Å². The summed E-state index contributed by atoms with van der Waals surface area (Å²) in [4.78, 5) is 16.5. The normalized spacial score (nSPS) is 10.4. The molecule has 0 N–H and O–H groups in total. The monoisotopic (exact) mass is 228 g/mol. The van der Waals surface area contributed by atoms with Crippen LogP contribution in [0, 0.1) is 20.2 Å². The summed E-state index contributed by atoms with van der Waals surface area (Å²) in [5.74, 6) is -3.91. The van der Waals surface area contributed by atoms with Crippen molar-refractivity contribution in [2.45, 2.75) is 5.92 Å². The molecule has 0 aliphatic carbocycles. The van der Waals surface area contributed by atoms with E-state index in [9.17, 15) is 24.6 Å². The number of alkyl halides is 1. The first-order chi connectivity index (χ1) is 6.34. The maximum absolute atomic E-state index is 12.9. The zero-order valence-electron chi connectivity index (χ0n) is 6.84. The lowest BCUT2D eigenvalue weighted by atomic mass is 10.5. The Balaban J connectivity index is 4.47. The number of methoxy groups -OCH3 is 1. The van der Waals surface area contributed by atoms with Gasteiger partial charge in [0.25, 0.3) is 6.61 Å². The fourth-order valence-corrected chi connectivity index (χ4v) is 0.441. The van der Waals surface area contributed by atoms with Gasteiger partial charge in [-0.05, 0) is 0 Å². The largest absolute Gasteiger partial charge is 0.648 e. The first-order valence-corrected chi connectivity index (χ1v) is 3.44. The van der Waals surface area contributed by atoms with E-state index in [1.807, 2.05) is 0 Å². The van der Waals surface area contributed by atoms with Gasteiger partial charge in [-0.2, -0.15) is 0 Å². The number of hydrogen-bond donors (Lipinski definition) is 0. The quantitative estimate of drug-likeness (QED) is 0.221. The molecule has 0 aromatic rings. The summed E-state index contributed by atoms with van der Waals surface area (Å²) in [5.41, 5.74) is 0. The van der Waals surface area contributed by atoms with Gasteiger partial charge in [0, 0.05) is 12.2 Å². The fourth-order valence-electron chi connectivity index (χ4n) is 0.382. The van der Waals surface area contributed by atoms with Gasteiger partial charge in [-0.1, -0.05) is 4.39 Å². The van der Waals surface area contributed by atoms with Gasteiger partial charge in [0.1, 0.15) is 9.85 Å². The minimum atomic E-state index is -3.91. The van der Waals surface area contributed by atoms with Gasteiger partial charge in [-0.25, -0.2) is 0 Å². The molecule has 0 aromatic carbocycles. The fraction of sp³-hybridized carbons (Fsp3) is 0.750. The van der Waals surface area contributed by atoms with E-state index in [-0.39, 0.29) is 0 Å². The SMILES string of the molecule is COC(=S)OCC(F)([N+](=O)[O-])[N+](=O)[O-]. The van der Waals surface area contributed by atoms with Crippen LogP contribution in [0.25, 0.3) is 0 Å². The third-order valence-electron chi connectivity index (χ3n) is 1.10. The van der Waals surface area contributed by atoms with Crippen molar-refractivity contribution in [3.05, 3.63) is 20.2 Å². The second-order valence-electron chi connectivity index (χ2n) is 1.98. The summed E-state index contributed by atoms with van der Waals surface area (Å²) in [6.07, 6.45) is 0. The molecule has 0 aliphatic rings. The predicted octanol–water partition coefficient (Wildman–Crippen LogP) is 0.111. The van der Waals surface area contributed by atoms with E-state index in [0.717, 1.165) is 7.11 Å². The molecule has 0 radical (unpaired) electrons. The number of halogens is 1. The van der Waals surface area contributed by atoms with Gasteiger partial charge in [0.2, 0.25) is 0 Å². The van der Waals surface area contributed by atoms with Crippen molar-refractivity contribution < 1.29 is 23.7 Å². The van der Waals surface area contributed by atoms with Crippen LogP contribution in [-0.2, 0) is 9.47 Å². The van der Waals surface area contributed by atoms with Crippen LogP contribution >= 0.6 is 12.2 Å². The van der Waals surface area contributed by atoms with Gasteiger partial charge in [-0.15, -0.1) is 0 Å². The lowest BCUT2D eigenvalue weighted by Crippen LogP contribution is -2.46. The van der Waals surface area contributed by atoms with E-state index in [4.69, 9.17) is 0 Å². The molecule has 0 bridgehead atoms. The second kappa shape index (κ2) is 4.60. The number of hydrogen-bond acceptors (Lipinski definition) is 7. The van der Waals surface area contributed by atoms with E-state index in [0.29, 0.717) is 0 Å². The average molecular weight is 228 g/mol. The van der Waals surface area contributed by atoms with E-state index in [1.54, 1.807) is 0 Å². The first-order valence-electron chi connectivity index (χ1n) is 3.03. The molecule has 0 aliphatic heterocycles. The molecule has 0 unspecified atom stereocenters. The Hall–Kier alpha value is -1.58. The van der Waals surface area contributed by atoms with Gasteiger partial charge < -0.3 is 9.47 Å². The molecular weight excluding hydrogens is 223 g/mol. The lowest BCUT2D eigenvalue weighted by Gasteiger charge is -2.08. The molecule has 0 atom stereocenters. The van der Waals surface area contributed by atoms with Crippen LogP contribution in [0.1, 0.15) is 0 Å². The molecule has 0 amide bonds. The lowest BCUT2D eigenvalue weighted by molar-refractivity contribution is -0.832. The van der Waals surface area contributed by atoms with Crippen LogP contribution in [0.4, 0.5) is 4.39 Å². The van der Waals surface area contributed by atoms with Crippen LogP contribution in [0.3, 0.4) is 0 Å². The molecule has 0 saturated carbocycles. The number of nitro groups is 2. The van der Waals surface area contributed by atoms with Gasteiger partial charge >= 0.3 is 11.2 Å². The molecule has 14 heavy (non-hydrogen) atoms. The van der Waals surface area contributed by atoms with Gasteiger partial charge in [0.05, 0.1) is 7.11 Å². The summed E-state index contributed by atoms with van der Waals surface area (Å²) >= 11 is 4.24. The molecule has 10 heteroatoms. The number of ether oxygens (including phenoxy) is 2. The maximum atomic E-state index is 12.9. The molecule has 0 fully saturated rings. The van der Waals surface area contributed by atoms with E-state index >= 15 is 0 Å². The van der Waals surface area contributed by atoms with Crippen LogP contribution in [0.5, 0.6) is 0 Å². The van der Waals surface area contributed by atoms with Crippen LogP contribution in [0.15, 0.2) is 0 Å². The predicted molar refractivity (Wildman–Crippen MR) is 43.4 cm³/mol. The standard InChI is InChI=1S/C4H5FN2O6S/c1-12-3(14)13-2-4(5,6(8)9)7(10)11/h2H2,1H3. The highest BCUT2D eigenvalue weighted by atomic mass is 32.1. The highest BCUT2D eigenvalue weighted by Gasteiger charge is 2.59. The van der Waals surface area contributed by atoms with Crippen molar-refractivity contribution >= 4 is 17.5 Å². The molecule has 8 nitrogen and oxygen atoms in total. The van der Waals surface area contributed by atoms with Crippen molar-refractivity contribution in [1.82, 2.24) is 0 Å². The summed E-state index contributed by atoms with van der Waals surface area (Å²) in [7, 11) is 1.07. The molecule has 0 spiro atoms. The Labute approximate surface area is 81.9 Å². The summed E-state index contributed by atoms with van der Waals surface area (Å²) in [6.45, 7) is -1.44. The van der Waals surface area contributed by atoms with E-state index in [2.05, 4.69) is 21.7 Å².